The first-order valence-corrected chi connectivity index (χ1v) is 13.7. The van der Waals surface area contributed by atoms with E-state index in [9.17, 15) is 12.8 Å². The summed E-state index contributed by atoms with van der Waals surface area (Å²) in [5.74, 6) is -2.31. The van der Waals surface area contributed by atoms with Crippen molar-refractivity contribution < 1.29 is 17.2 Å². The predicted molar refractivity (Wildman–Crippen MR) is 134 cm³/mol. The smallest absolute Gasteiger partial charge is 0.233 e. The van der Waals surface area contributed by atoms with E-state index in [0.29, 0.717) is 11.3 Å². The highest BCUT2D eigenvalue weighted by molar-refractivity contribution is 7.92. The number of piperazine rings is 1. The number of aromatic nitrogens is 4. The van der Waals surface area contributed by atoms with Gasteiger partial charge in [-0.3, -0.25) is 14.6 Å². The Morgan fingerprint density at radius 2 is 1.86 bits per heavy atom. The van der Waals surface area contributed by atoms with Gasteiger partial charge in [-0.1, -0.05) is 19.1 Å². The summed E-state index contributed by atoms with van der Waals surface area (Å²) in [6.07, 6.45) is 7.41. The van der Waals surface area contributed by atoms with Crippen LogP contribution in [-0.2, 0) is 10.0 Å². The average molecular weight is 518 g/mol. The fourth-order valence-corrected chi connectivity index (χ4v) is 5.96. The van der Waals surface area contributed by atoms with Gasteiger partial charge < -0.3 is 4.90 Å². The number of nitrogens with one attached hydrogen (secondary N) is 1. The molecule has 12 heteroatoms. The molecule has 1 aliphatic carbocycles. The van der Waals surface area contributed by atoms with Crippen LogP contribution in [0.5, 0.6) is 0 Å². The van der Waals surface area contributed by atoms with Crippen molar-refractivity contribution in [3.63, 3.8) is 0 Å². The fourth-order valence-electron chi connectivity index (χ4n) is 4.51. The van der Waals surface area contributed by atoms with E-state index in [1.54, 1.807) is 26.2 Å². The van der Waals surface area contributed by atoms with E-state index in [2.05, 4.69) is 29.8 Å². The molecule has 3 aromatic rings. The van der Waals surface area contributed by atoms with Crippen molar-refractivity contribution in [3.05, 3.63) is 48.4 Å². The second-order valence-corrected chi connectivity index (χ2v) is 11.5. The maximum Gasteiger partial charge on any atom is 0.233 e. The van der Waals surface area contributed by atoms with E-state index >= 15 is 4.39 Å². The molecular formula is C24H29F2N7O2S. The molecule has 0 unspecified atom stereocenters. The first kappa shape index (κ1) is 24.6. The number of sulfonamides is 1. The summed E-state index contributed by atoms with van der Waals surface area (Å²) in [6.45, 7) is 7.32. The highest BCUT2D eigenvalue weighted by Gasteiger charge is 2.31. The summed E-state index contributed by atoms with van der Waals surface area (Å²) in [7, 11) is -3.80. The second-order valence-electron chi connectivity index (χ2n) is 9.77. The van der Waals surface area contributed by atoms with Gasteiger partial charge in [0.25, 0.3) is 0 Å². The maximum absolute atomic E-state index is 15.2. The highest BCUT2D eigenvalue weighted by Crippen LogP contribution is 2.30. The van der Waals surface area contributed by atoms with Crippen LogP contribution in [0.4, 0.5) is 20.2 Å². The monoisotopic (exact) mass is 517 g/mol. The largest absolute Gasteiger partial charge is 0.368 e. The van der Waals surface area contributed by atoms with E-state index < -0.39 is 27.3 Å². The quantitative estimate of drug-likeness (QED) is 0.490. The summed E-state index contributed by atoms with van der Waals surface area (Å²) in [6, 6.07) is 4.74. The van der Waals surface area contributed by atoms with Gasteiger partial charge in [-0.25, -0.2) is 21.9 Å². The lowest BCUT2D eigenvalue weighted by atomic mass is 10.2. The topological polar surface area (TPSA) is 96.2 Å². The van der Waals surface area contributed by atoms with Crippen LogP contribution < -0.4 is 9.62 Å². The predicted octanol–water partition coefficient (Wildman–Crippen LogP) is 3.29. The van der Waals surface area contributed by atoms with Crippen molar-refractivity contribution >= 4 is 21.4 Å². The molecule has 0 bridgehead atoms. The molecule has 2 aromatic heterocycles. The Morgan fingerprint density at radius 1 is 1.11 bits per heavy atom. The third-order valence-corrected chi connectivity index (χ3v) is 8.01. The molecule has 1 aromatic carbocycles. The van der Waals surface area contributed by atoms with E-state index in [4.69, 9.17) is 0 Å². The Bertz CT molecular complexity index is 1350. The van der Waals surface area contributed by atoms with Gasteiger partial charge in [0, 0.05) is 44.0 Å². The Labute approximate surface area is 209 Å². The molecular weight excluding hydrogens is 488 g/mol. The zero-order chi connectivity index (χ0) is 25.4. The van der Waals surface area contributed by atoms with E-state index in [-0.39, 0.29) is 17.4 Å². The SMILES string of the molecule is CC(C)CS(=O)(=O)Nc1ccc(F)c(-n2cc(-c3cncc(N4CCN(C5CC5)CC4)c3)nn2)c1F. The summed E-state index contributed by atoms with van der Waals surface area (Å²) in [4.78, 5) is 9.14. The van der Waals surface area contributed by atoms with Crippen LogP contribution in [0.1, 0.15) is 26.7 Å². The molecule has 192 valence electrons. The molecule has 0 atom stereocenters. The molecule has 0 amide bonds. The fraction of sp³-hybridized carbons (Fsp3) is 0.458. The highest BCUT2D eigenvalue weighted by atomic mass is 32.2. The van der Waals surface area contributed by atoms with Gasteiger partial charge in [0.15, 0.2) is 11.6 Å². The normalized spacial score (nSPS) is 17.1. The Balaban J connectivity index is 1.37. The second kappa shape index (κ2) is 9.74. The van der Waals surface area contributed by atoms with E-state index in [1.807, 2.05) is 6.07 Å². The van der Waals surface area contributed by atoms with Crippen LogP contribution in [0.25, 0.3) is 16.9 Å². The standard InChI is InChI=1S/C24H29F2N7O2S/c1-16(2)15-36(34,35)29-21-6-5-20(25)24(23(21)26)33-14-22(28-30-33)17-11-19(13-27-12-17)32-9-7-31(8-10-32)18-3-4-18/h5-6,11-14,16,18,29H,3-4,7-10,15H2,1-2H3. The minimum absolute atomic E-state index is 0.158. The minimum Gasteiger partial charge on any atom is -0.368 e. The van der Waals surface area contributed by atoms with Gasteiger partial charge in [-0.2, -0.15) is 0 Å². The number of rotatable bonds is 8. The van der Waals surface area contributed by atoms with Gasteiger partial charge in [-0.15, -0.1) is 5.10 Å². The average Bonchev–Trinajstić information content (AvgIpc) is 3.58. The van der Waals surface area contributed by atoms with Crippen molar-refractivity contribution in [2.75, 3.05) is 41.6 Å². The maximum atomic E-state index is 15.2. The summed E-state index contributed by atoms with van der Waals surface area (Å²) in [5, 5.41) is 8.00. The molecule has 0 spiro atoms. The number of halogens is 2. The van der Waals surface area contributed by atoms with Crippen LogP contribution >= 0.6 is 0 Å². The lowest BCUT2D eigenvalue weighted by Gasteiger charge is -2.36. The van der Waals surface area contributed by atoms with Gasteiger partial charge in [0.05, 0.1) is 29.5 Å². The zero-order valence-corrected chi connectivity index (χ0v) is 21.0. The molecule has 1 N–H and O–H groups in total. The van der Waals surface area contributed by atoms with Gasteiger partial charge >= 0.3 is 0 Å². The number of benzene rings is 1. The molecule has 1 saturated carbocycles. The number of hydrogen-bond donors (Lipinski definition) is 1. The minimum atomic E-state index is -3.80. The lowest BCUT2D eigenvalue weighted by molar-refractivity contribution is 0.248. The molecule has 3 heterocycles. The molecule has 1 saturated heterocycles. The Kier molecular flexibility index (Phi) is 6.64. The molecule has 1 aliphatic heterocycles. The number of anilines is 2. The number of nitrogens with zero attached hydrogens (tertiary/aromatic N) is 6. The van der Waals surface area contributed by atoms with Crippen molar-refractivity contribution in [3.8, 4) is 16.9 Å². The van der Waals surface area contributed by atoms with Crippen molar-refractivity contribution in [2.24, 2.45) is 5.92 Å². The van der Waals surface area contributed by atoms with Crippen molar-refractivity contribution in [1.29, 1.82) is 0 Å². The lowest BCUT2D eigenvalue weighted by Crippen LogP contribution is -2.47. The molecule has 9 nitrogen and oxygen atoms in total. The van der Waals surface area contributed by atoms with Gasteiger partial charge in [0.2, 0.25) is 10.0 Å². The molecule has 2 aliphatic rings. The van der Waals surface area contributed by atoms with Crippen molar-refractivity contribution in [1.82, 2.24) is 24.9 Å². The zero-order valence-electron chi connectivity index (χ0n) is 20.2. The Hall–Kier alpha value is -3.12. The number of hydrogen-bond acceptors (Lipinski definition) is 7. The van der Waals surface area contributed by atoms with Crippen LogP contribution in [-0.4, -0.2) is 71.3 Å². The van der Waals surface area contributed by atoms with Crippen LogP contribution in [0.15, 0.2) is 36.8 Å². The van der Waals surface area contributed by atoms with Gasteiger partial charge in [-0.05, 0) is 37.0 Å². The molecule has 2 fully saturated rings. The molecule has 5 rings (SSSR count). The summed E-state index contributed by atoms with van der Waals surface area (Å²) in [5.41, 5.74) is 1.15. The van der Waals surface area contributed by atoms with Crippen molar-refractivity contribution in [2.45, 2.75) is 32.7 Å². The molecule has 0 radical (unpaired) electrons. The molecule has 36 heavy (non-hydrogen) atoms. The summed E-state index contributed by atoms with van der Waals surface area (Å²) >= 11 is 0. The first-order valence-electron chi connectivity index (χ1n) is 12.1. The first-order chi connectivity index (χ1) is 17.2. The van der Waals surface area contributed by atoms with Crippen LogP contribution in [0.3, 0.4) is 0 Å². The Morgan fingerprint density at radius 3 is 2.56 bits per heavy atom. The van der Waals surface area contributed by atoms with Crippen LogP contribution in [0.2, 0.25) is 0 Å². The van der Waals surface area contributed by atoms with Gasteiger partial charge in [0.1, 0.15) is 11.4 Å². The van der Waals surface area contributed by atoms with E-state index in [1.165, 1.54) is 19.0 Å². The van der Waals surface area contributed by atoms with E-state index in [0.717, 1.165) is 54.7 Å². The van der Waals surface area contributed by atoms with Crippen LogP contribution in [0, 0.1) is 17.6 Å². The third kappa shape index (κ3) is 5.34. The number of pyridine rings is 1. The summed E-state index contributed by atoms with van der Waals surface area (Å²) < 4.78 is 57.6. The third-order valence-electron chi connectivity index (χ3n) is 6.37.